The van der Waals surface area contributed by atoms with Crippen molar-refractivity contribution in [1.82, 2.24) is 0 Å². The van der Waals surface area contributed by atoms with Crippen molar-refractivity contribution in [3.05, 3.63) is 35.9 Å². The lowest BCUT2D eigenvalue weighted by Crippen LogP contribution is -2.21. The van der Waals surface area contributed by atoms with E-state index in [4.69, 9.17) is 4.74 Å². The summed E-state index contributed by atoms with van der Waals surface area (Å²) in [5.41, 5.74) is 1.13. The van der Waals surface area contributed by atoms with Crippen LogP contribution in [-0.4, -0.2) is 11.9 Å². The first-order valence-electron chi connectivity index (χ1n) is 9.40. The lowest BCUT2D eigenvalue weighted by atomic mass is 10.0. The SMILES string of the molecule is CCCCCCCCCCC[C@@H](OCc1ccccc1)C(C)=O. The molecule has 0 aliphatic carbocycles. The maximum atomic E-state index is 11.7. The molecule has 0 aliphatic heterocycles. The van der Waals surface area contributed by atoms with Gasteiger partial charge in [-0.2, -0.15) is 0 Å². The van der Waals surface area contributed by atoms with E-state index in [-0.39, 0.29) is 11.9 Å². The quantitative estimate of drug-likeness (QED) is 0.388. The number of carbonyl (C=O) groups excluding carboxylic acids is 1. The second kappa shape index (κ2) is 13.3. The number of hydrogen-bond acceptors (Lipinski definition) is 2. The van der Waals surface area contributed by atoms with E-state index in [0.717, 1.165) is 18.4 Å². The third-order valence-corrected chi connectivity index (χ3v) is 4.32. The Bertz CT molecular complexity index is 400. The Morgan fingerprint density at radius 1 is 0.913 bits per heavy atom. The zero-order valence-corrected chi connectivity index (χ0v) is 15.1. The van der Waals surface area contributed by atoms with Crippen LogP contribution in [0.3, 0.4) is 0 Å². The Morgan fingerprint density at radius 3 is 2.04 bits per heavy atom. The van der Waals surface area contributed by atoms with Gasteiger partial charge in [0.05, 0.1) is 6.61 Å². The summed E-state index contributed by atoms with van der Waals surface area (Å²) in [5.74, 6) is 0.153. The fourth-order valence-corrected chi connectivity index (χ4v) is 2.82. The van der Waals surface area contributed by atoms with E-state index in [1.54, 1.807) is 6.92 Å². The van der Waals surface area contributed by atoms with Crippen LogP contribution in [0.2, 0.25) is 0 Å². The van der Waals surface area contributed by atoms with Crippen LogP contribution in [-0.2, 0) is 16.1 Å². The Morgan fingerprint density at radius 2 is 1.48 bits per heavy atom. The van der Waals surface area contributed by atoms with Gasteiger partial charge in [-0.25, -0.2) is 0 Å². The van der Waals surface area contributed by atoms with Crippen molar-refractivity contribution in [2.45, 2.75) is 90.8 Å². The molecule has 0 fully saturated rings. The van der Waals surface area contributed by atoms with Crippen LogP contribution in [0.5, 0.6) is 0 Å². The molecular formula is C21H34O2. The number of carbonyl (C=O) groups is 1. The highest BCUT2D eigenvalue weighted by molar-refractivity contribution is 5.80. The minimum atomic E-state index is -0.236. The molecule has 0 unspecified atom stereocenters. The lowest BCUT2D eigenvalue weighted by molar-refractivity contribution is -0.129. The molecule has 0 radical (unpaired) electrons. The first-order chi connectivity index (χ1) is 11.2. The van der Waals surface area contributed by atoms with Crippen LogP contribution in [0.25, 0.3) is 0 Å². The van der Waals surface area contributed by atoms with Crippen molar-refractivity contribution in [2.75, 3.05) is 0 Å². The second-order valence-corrected chi connectivity index (χ2v) is 6.51. The maximum Gasteiger partial charge on any atom is 0.158 e. The highest BCUT2D eigenvalue weighted by atomic mass is 16.5. The van der Waals surface area contributed by atoms with Gasteiger partial charge in [0.1, 0.15) is 6.10 Å². The summed E-state index contributed by atoms with van der Waals surface area (Å²) in [5, 5.41) is 0. The first kappa shape index (κ1) is 19.9. The summed E-state index contributed by atoms with van der Waals surface area (Å²) in [6.45, 7) is 4.43. The Hall–Kier alpha value is -1.15. The molecule has 0 bridgehead atoms. The van der Waals surface area contributed by atoms with E-state index in [2.05, 4.69) is 6.92 Å². The molecule has 0 saturated carbocycles. The molecule has 0 amide bonds. The van der Waals surface area contributed by atoms with Crippen LogP contribution < -0.4 is 0 Å². The van der Waals surface area contributed by atoms with Gasteiger partial charge < -0.3 is 4.74 Å². The second-order valence-electron chi connectivity index (χ2n) is 6.51. The van der Waals surface area contributed by atoms with E-state index < -0.39 is 0 Å². The number of unbranched alkanes of at least 4 members (excludes halogenated alkanes) is 8. The van der Waals surface area contributed by atoms with Crippen molar-refractivity contribution < 1.29 is 9.53 Å². The molecule has 1 atom stereocenters. The van der Waals surface area contributed by atoms with E-state index in [1.807, 2.05) is 30.3 Å². The van der Waals surface area contributed by atoms with Crippen molar-refractivity contribution >= 4 is 5.78 Å². The minimum absolute atomic E-state index is 0.153. The normalized spacial score (nSPS) is 12.3. The van der Waals surface area contributed by atoms with Gasteiger partial charge in [0, 0.05) is 0 Å². The zero-order chi connectivity index (χ0) is 16.8. The Balaban J connectivity index is 2.08. The molecule has 0 N–H and O–H groups in total. The predicted octanol–water partition coefficient (Wildman–Crippen LogP) is 6.08. The van der Waals surface area contributed by atoms with Gasteiger partial charge >= 0.3 is 0 Å². The average molecular weight is 319 g/mol. The van der Waals surface area contributed by atoms with Crippen LogP contribution in [0.1, 0.15) is 83.6 Å². The summed E-state index contributed by atoms with van der Waals surface area (Å²) >= 11 is 0. The first-order valence-corrected chi connectivity index (χ1v) is 9.40. The zero-order valence-electron chi connectivity index (χ0n) is 15.1. The average Bonchev–Trinajstić information content (AvgIpc) is 2.56. The van der Waals surface area contributed by atoms with E-state index in [0.29, 0.717) is 6.61 Å². The summed E-state index contributed by atoms with van der Waals surface area (Å²) < 4.78 is 5.81. The molecule has 0 spiro atoms. The summed E-state index contributed by atoms with van der Waals surface area (Å²) in [6.07, 6.45) is 12.4. The van der Waals surface area contributed by atoms with E-state index in [1.165, 1.54) is 51.4 Å². The molecule has 0 aromatic heterocycles. The van der Waals surface area contributed by atoms with Gasteiger partial charge in [-0.15, -0.1) is 0 Å². The maximum absolute atomic E-state index is 11.7. The fourth-order valence-electron chi connectivity index (χ4n) is 2.82. The van der Waals surface area contributed by atoms with Gasteiger partial charge in [0.15, 0.2) is 5.78 Å². The number of ether oxygens (including phenoxy) is 1. The fraction of sp³-hybridized carbons (Fsp3) is 0.667. The molecule has 1 rings (SSSR count). The van der Waals surface area contributed by atoms with Gasteiger partial charge in [-0.1, -0.05) is 95.0 Å². The Labute approximate surface area is 142 Å². The van der Waals surface area contributed by atoms with Crippen molar-refractivity contribution in [2.24, 2.45) is 0 Å². The molecular weight excluding hydrogens is 284 g/mol. The third kappa shape index (κ3) is 10.3. The van der Waals surface area contributed by atoms with Gasteiger partial charge in [0.2, 0.25) is 0 Å². The van der Waals surface area contributed by atoms with Gasteiger partial charge in [-0.3, -0.25) is 4.79 Å². The van der Waals surface area contributed by atoms with E-state index >= 15 is 0 Å². The lowest BCUT2D eigenvalue weighted by Gasteiger charge is -2.15. The van der Waals surface area contributed by atoms with Gasteiger partial charge in [-0.05, 0) is 18.9 Å². The number of Topliss-reactive ketones (excluding diaryl/α,β-unsaturated/α-hetero) is 1. The Kier molecular flexibility index (Phi) is 11.5. The van der Waals surface area contributed by atoms with Crippen LogP contribution >= 0.6 is 0 Å². The highest BCUT2D eigenvalue weighted by Crippen LogP contribution is 2.14. The summed E-state index contributed by atoms with van der Waals surface area (Å²) in [4.78, 5) is 11.7. The molecule has 2 nitrogen and oxygen atoms in total. The molecule has 0 aliphatic rings. The molecule has 23 heavy (non-hydrogen) atoms. The topological polar surface area (TPSA) is 26.3 Å². The van der Waals surface area contributed by atoms with Crippen molar-refractivity contribution in [1.29, 1.82) is 0 Å². The largest absolute Gasteiger partial charge is 0.366 e. The predicted molar refractivity (Wildman–Crippen MR) is 97.5 cm³/mol. The number of benzene rings is 1. The smallest absolute Gasteiger partial charge is 0.158 e. The van der Waals surface area contributed by atoms with E-state index in [9.17, 15) is 4.79 Å². The minimum Gasteiger partial charge on any atom is -0.366 e. The summed E-state index contributed by atoms with van der Waals surface area (Å²) in [7, 11) is 0. The van der Waals surface area contributed by atoms with Crippen LogP contribution in [0.15, 0.2) is 30.3 Å². The molecule has 0 saturated heterocycles. The number of ketones is 1. The molecule has 1 aromatic rings. The monoisotopic (exact) mass is 318 g/mol. The van der Waals surface area contributed by atoms with Crippen molar-refractivity contribution in [3.63, 3.8) is 0 Å². The van der Waals surface area contributed by atoms with Crippen LogP contribution in [0, 0.1) is 0 Å². The third-order valence-electron chi connectivity index (χ3n) is 4.32. The number of hydrogen-bond donors (Lipinski definition) is 0. The highest BCUT2D eigenvalue weighted by Gasteiger charge is 2.14. The molecule has 2 heteroatoms. The standard InChI is InChI=1S/C21H34O2/c1-3-4-5-6-7-8-9-10-14-17-21(19(2)22)23-18-20-15-12-11-13-16-20/h11-13,15-16,21H,3-10,14,17-18H2,1-2H3/t21-/m1/s1. The molecule has 130 valence electrons. The van der Waals surface area contributed by atoms with Gasteiger partial charge in [0.25, 0.3) is 0 Å². The summed E-state index contributed by atoms with van der Waals surface area (Å²) in [6, 6.07) is 10.1. The number of rotatable bonds is 14. The molecule has 0 heterocycles. The molecule has 1 aromatic carbocycles. The van der Waals surface area contributed by atoms with Crippen molar-refractivity contribution in [3.8, 4) is 0 Å². The van der Waals surface area contributed by atoms with Crippen LogP contribution in [0.4, 0.5) is 0 Å².